The molecule has 22 heavy (non-hydrogen) atoms. The quantitative estimate of drug-likeness (QED) is 0.686. The van der Waals surface area contributed by atoms with Crippen molar-refractivity contribution in [3.8, 4) is 0 Å². The third-order valence-electron chi connectivity index (χ3n) is 3.00. The highest BCUT2D eigenvalue weighted by atomic mass is 32.2. The minimum Gasteiger partial charge on any atom is -0.481 e. The van der Waals surface area contributed by atoms with Crippen LogP contribution in [0.4, 0.5) is 0 Å². The van der Waals surface area contributed by atoms with Crippen LogP contribution in [0.3, 0.4) is 0 Å². The van der Waals surface area contributed by atoms with Gasteiger partial charge in [-0.15, -0.1) is 0 Å². The van der Waals surface area contributed by atoms with Crippen molar-refractivity contribution in [3.05, 3.63) is 29.8 Å². The summed E-state index contributed by atoms with van der Waals surface area (Å²) in [6.45, 7) is 1.49. The van der Waals surface area contributed by atoms with Gasteiger partial charge in [-0.3, -0.25) is 19.3 Å². The number of amides is 1. The van der Waals surface area contributed by atoms with E-state index in [1.54, 1.807) is 18.2 Å². The van der Waals surface area contributed by atoms with Crippen LogP contribution in [0.25, 0.3) is 0 Å². The smallest absolute Gasteiger partial charge is 0.305 e. The molecule has 1 aliphatic heterocycles. The first kappa shape index (κ1) is 16.0. The lowest BCUT2D eigenvalue weighted by Crippen LogP contribution is -2.35. The number of hydrogen-bond donors (Lipinski definition) is 3. The fourth-order valence-corrected chi connectivity index (χ4v) is 3.16. The Bertz CT molecular complexity index is 742. The van der Waals surface area contributed by atoms with Crippen molar-refractivity contribution in [2.24, 2.45) is 4.99 Å². The molecule has 1 heterocycles. The summed E-state index contributed by atoms with van der Waals surface area (Å²) in [5.41, 5.74) is 0.410. The van der Waals surface area contributed by atoms with Crippen LogP contribution in [0.5, 0.6) is 0 Å². The van der Waals surface area contributed by atoms with Crippen molar-refractivity contribution in [2.75, 3.05) is 6.54 Å². The highest BCUT2D eigenvalue weighted by Gasteiger charge is 2.31. The molecule has 3 N–H and O–H groups in total. The lowest BCUT2D eigenvalue weighted by Gasteiger charge is -2.08. The van der Waals surface area contributed by atoms with Crippen LogP contribution in [-0.4, -0.2) is 43.8 Å². The fourth-order valence-electron chi connectivity index (χ4n) is 1.92. The van der Waals surface area contributed by atoms with Crippen LogP contribution >= 0.6 is 0 Å². The molecule has 1 amide bonds. The number of rotatable bonds is 5. The van der Waals surface area contributed by atoms with Crippen molar-refractivity contribution < 1.29 is 23.1 Å². The molecule has 118 valence electrons. The van der Waals surface area contributed by atoms with Crippen molar-refractivity contribution >= 4 is 27.7 Å². The second-order valence-electron chi connectivity index (χ2n) is 4.69. The Morgan fingerprint density at radius 1 is 1.36 bits per heavy atom. The second-order valence-corrected chi connectivity index (χ2v) is 6.34. The largest absolute Gasteiger partial charge is 0.481 e. The highest BCUT2D eigenvalue weighted by Crippen LogP contribution is 2.22. The maximum absolute atomic E-state index is 11.9. The molecule has 1 aliphatic rings. The number of hydrogen-bond acceptors (Lipinski definition) is 5. The van der Waals surface area contributed by atoms with E-state index in [9.17, 15) is 18.0 Å². The summed E-state index contributed by atoms with van der Waals surface area (Å²) in [4.78, 5) is 26.4. The molecule has 0 aromatic heterocycles. The van der Waals surface area contributed by atoms with Gasteiger partial charge < -0.3 is 10.4 Å². The Balaban J connectivity index is 2.13. The average Bonchev–Trinajstić information content (AvgIpc) is 2.70. The summed E-state index contributed by atoms with van der Waals surface area (Å²) in [6.07, 6.45) is -0.190. The van der Waals surface area contributed by atoms with Gasteiger partial charge in [0.1, 0.15) is 11.9 Å². The first-order valence-electron chi connectivity index (χ1n) is 6.51. The van der Waals surface area contributed by atoms with Gasteiger partial charge in [-0.2, -0.15) is 0 Å². The third kappa shape index (κ3) is 3.42. The predicted octanol–water partition coefficient (Wildman–Crippen LogP) is -0.295. The Kier molecular flexibility index (Phi) is 4.45. The van der Waals surface area contributed by atoms with Crippen molar-refractivity contribution in [2.45, 2.75) is 24.3 Å². The monoisotopic (exact) mass is 325 g/mol. The molecule has 1 aromatic rings. The van der Waals surface area contributed by atoms with Gasteiger partial charge in [-0.05, 0) is 19.1 Å². The molecule has 0 bridgehead atoms. The topological polar surface area (TPSA) is 125 Å². The van der Waals surface area contributed by atoms with Crippen LogP contribution in [-0.2, 0) is 19.6 Å². The maximum atomic E-state index is 11.9. The fraction of sp³-hybridized carbons (Fsp3) is 0.308. The normalized spacial score (nSPS) is 18.3. The number of carboxylic acids is 1. The zero-order valence-electron chi connectivity index (χ0n) is 11.7. The van der Waals surface area contributed by atoms with E-state index in [1.807, 2.05) is 0 Å². The number of benzene rings is 1. The number of aliphatic imine (C=N–C) groups is 1. The predicted molar refractivity (Wildman–Crippen MR) is 78.0 cm³/mol. The first-order chi connectivity index (χ1) is 10.3. The number of aliphatic carboxylic acids is 1. The average molecular weight is 325 g/mol. The third-order valence-corrected chi connectivity index (χ3v) is 4.40. The SMILES string of the molecule is CC(N=C1NS(=O)(=O)c2ccccc21)C(=O)NCCC(=O)O. The van der Waals surface area contributed by atoms with Crippen molar-refractivity contribution in [1.82, 2.24) is 10.0 Å². The molecular formula is C13H15N3O5S. The van der Waals surface area contributed by atoms with Crippen LogP contribution in [0, 0.1) is 0 Å². The zero-order chi connectivity index (χ0) is 16.3. The summed E-state index contributed by atoms with van der Waals surface area (Å²) >= 11 is 0. The van der Waals surface area contributed by atoms with Crippen molar-refractivity contribution in [1.29, 1.82) is 0 Å². The molecule has 0 saturated carbocycles. The lowest BCUT2D eigenvalue weighted by molar-refractivity contribution is -0.136. The number of carbonyl (C=O) groups excluding carboxylic acids is 1. The molecular weight excluding hydrogens is 310 g/mol. The summed E-state index contributed by atoms with van der Waals surface area (Å²) in [5, 5.41) is 10.9. The highest BCUT2D eigenvalue weighted by molar-refractivity contribution is 7.90. The van der Waals surface area contributed by atoms with Gasteiger partial charge in [0.2, 0.25) is 5.91 Å². The van der Waals surface area contributed by atoms with E-state index in [0.717, 1.165) is 0 Å². The van der Waals surface area contributed by atoms with Crippen LogP contribution in [0.2, 0.25) is 0 Å². The van der Waals surface area contributed by atoms with Crippen LogP contribution in [0.1, 0.15) is 18.9 Å². The van der Waals surface area contributed by atoms with Gasteiger partial charge in [-0.1, -0.05) is 12.1 Å². The molecule has 9 heteroatoms. The summed E-state index contributed by atoms with van der Waals surface area (Å²) in [7, 11) is -3.64. The summed E-state index contributed by atoms with van der Waals surface area (Å²) in [5.74, 6) is -1.38. The molecule has 1 atom stereocenters. The van der Waals surface area contributed by atoms with E-state index >= 15 is 0 Å². The van der Waals surface area contributed by atoms with E-state index in [2.05, 4.69) is 15.0 Å². The Labute approximate surface area is 127 Å². The molecule has 0 saturated heterocycles. The lowest BCUT2D eigenvalue weighted by atomic mass is 10.2. The maximum Gasteiger partial charge on any atom is 0.305 e. The minimum atomic E-state index is -3.64. The number of fused-ring (bicyclic) bond motifs is 1. The van der Waals surface area contributed by atoms with Gasteiger partial charge in [-0.25, -0.2) is 8.42 Å². The second kappa shape index (κ2) is 6.14. The van der Waals surface area contributed by atoms with Crippen molar-refractivity contribution in [3.63, 3.8) is 0 Å². The Morgan fingerprint density at radius 2 is 2.05 bits per heavy atom. The summed E-state index contributed by atoms with van der Waals surface area (Å²) < 4.78 is 26.1. The number of carboxylic acid groups (broad SMARTS) is 1. The zero-order valence-corrected chi connectivity index (χ0v) is 12.6. The molecule has 0 radical (unpaired) electrons. The minimum absolute atomic E-state index is 0.00826. The molecule has 0 aliphatic carbocycles. The summed E-state index contributed by atoms with van der Waals surface area (Å²) in [6, 6.07) is 5.48. The van der Waals surface area contributed by atoms with E-state index in [0.29, 0.717) is 5.56 Å². The first-order valence-corrected chi connectivity index (χ1v) is 7.99. The number of nitrogens with one attached hydrogen (secondary N) is 2. The van der Waals surface area contributed by atoms with E-state index in [1.165, 1.54) is 13.0 Å². The van der Waals surface area contributed by atoms with Gasteiger partial charge in [0.25, 0.3) is 10.0 Å². The molecule has 1 aromatic carbocycles. The molecule has 8 nitrogen and oxygen atoms in total. The van der Waals surface area contributed by atoms with Gasteiger partial charge >= 0.3 is 5.97 Å². The standard InChI is InChI=1S/C13H15N3O5S/c1-8(13(19)14-7-6-11(17)18)15-12-9-4-2-3-5-10(9)22(20,21)16-12/h2-5,8H,6-7H2,1H3,(H,14,19)(H,15,16)(H,17,18). The van der Waals surface area contributed by atoms with E-state index < -0.39 is 27.9 Å². The Morgan fingerprint density at radius 3 is 2.73 bits per heavy atom. The van der Waals surface area contributed by atoms with E-state index in [-0.39, 0.29) is 23.7 Å². The molecule has 0 fully saturated rings. The number of nitrogens with zero attached hydrogens (tertiary/aromatic N) is 1. The molecule has 0 spiro atoms. The van der Waals surface area contributed by atoms with Gasteiger partial charge in [0, 0.05) is 12.1 Å². The Hall–Kier alpha value is -2.42. The number of carbonyl (C=O) groups is 2. The number of amidine groups is 1. The van der Waals surface area contributed by atoms with Gasteiger partial charge in [0.15, 0.2) is 0 Å². The van der Waals surface area contributed by atoms with Crippen LogP contribution in [0.15, 0.2) is 34.2 Å². The van der Waals surface area contributed by atoms with Gasteiger partial charge in [0.05, 0.1) is 11.3 Å². The molecule has 1 unspecified atom stereocenters. The molecule has 2 rings (SSSR count). The van der Waals surface area contributed by atoms with Crippen LogP contribution < -0.4 is 10.0 Å². The van der Waals surface area contributed by atoms with E-state index in [4.69, 9.17) is 5.11 Å². The number of sulfonamides is 1.